The summed E-state index contributed by atoms with van der Waals surface area (Å²) in [6.07, 6.45) is 1.77. The van der Waals surface area contributed by atoms with Gasteiger partial charge in [-0.2, -0.15) is 0 Å². The van der Waals surface area contributed by atoms with Gasteiger partial charge in [-0.05, 0) is 74.4 Å². The van der Waals surface area contributed by atoms with Gasteiger partial charge in [0.25, 0.3) is 11.8 Å². The number of likely N-dealkylation sites (tertiary alicyclic amines) is 1. The van der Waals surface area contributed by atoms with E-state index < -0.39 is 30.0 Å². The molecule has 2 aromatic rings. The van der Waals surface area contributed by atoms with Gasteiger partial charge >= 0.3 is 0 Å². The molecule has 9 heteroatoms. The van der Waals surface area contributed by atoms with Gasteiger partial charge in [0.1, 0.15) is 18.1 Å². The number of anilines is 1. The Bertz CT molecular complexity index is 1240. The molecular formula is C29H35FN4O4. The van der Waals surface area contributed by atoms with Crippen molar-refractivity contribution >= 4 is 23.4 Å². The third-order valence-electron chi connectivity index (χ3n) is 8.15. The Hall–Kier alpha value is -3.30. The second kappa shape index (κ2) is 10.8. The van der Waals surface area contributed by atoms with E-state index in [-0.39, 0.29) is 36.3 Å². The van der Waals surface area contributed by atoms with Crippen molar-refractivity contribution in [3.63, 3.8) is 0 Å². The molecule has 3 heterocycles. The maximum absolute atomic E-state index is 15.0. The first-order valence-electron chi connectivity index (χ1n) is 13.5. The monoisotopic (exact) mass is 522 g/mol. The maximum atomic E-state index is 15.0. The molecule has 0 aliphatic carbocycles. The summed E-state index contributed by atoms with van der Waals surface area (Å²) in [4.78, 5) is 42.0. The minimum atomic E-state index is -0.977. The van der Waals surface area contributed by atoms with Gasteiger partial charge in [0, 0.05) is 24.3 Å². The van der Waals surface area contributed by atoms with E-state index in [1.165, 1.54) is 6.07 Å². The van der Waals surface area contributed by atoms with Crippen LogP contribution in [0.3, 0.4) is 0 Å². The predicted molar refractivity (Wildman–Crippen MR) is 141 cm³/mol. The number of hydrogen-bond acceptors (Lipinski definition) is 6. The molecule has 5 rings (SSSR count). The van der Waals surface area contributed by atoms with E-state index in [0.717, 1.165) is 42.3 Å². The lowest BCUT2D eigenvalue weighted by Crippen LogP contribution is -2.55. The molecule has 2 atom stereocenters. The fourth-order valence-corrected chi connectivity index (χ4v) is 5.80. The van der Waals surface area contributed by atoms with E-state index in [4.69, 9.17) is 0 Å². The summed E-state index contributed by atoms with van der Waals surface area (Å²) in [5, 5.41) is 15.2. The molecule has 0 radical (unpaired) electrons. The molecule has 2 unspecified atom stereocenters. The zero-order valence-electron chi connectivity index (χ0n) is 21.9. The summed E-state index contributed by atoms with van der Waals surface area (Å²) in [7, 11) is 0. The summed E-state index contributed by atoms with van der Waals surface area (Å²) in [5.74, 6) is -0.454. The molecule has 2 aromatic carbocycles. The first-order valence-corrected chi connectivity index (χ1v) is 13.5. The van der Waals surface area contributed by atoms with Gasteiger partial charge in [-0.1, -0.05) is 32.0 Å². The first-order chi connectivity index (χ1) is 18.2. The van der Waals surface area contributed by atoms with Crippen LogP contribution in [0.1, 0.15) is 71.4 Å². The van der Waals surface area contributed by atoms with Crippen molar-refractivity contribution in [2.75, 3.05) is 18.4 Å². The largest absolute Gasteiger partial charge is 0.380 e. The number of fused-ring (bicyclic) bond motifs is 1. The summed E-state index contributed by atoms with van der Waals surface area (Å²) < 4.78 is 15.0. The van der Waals surface area contributed by atoms with E-state index in [1.807, 2.05) is 12.1 Å². The summed E-state index contributed by atoms with van der Waals surface area (Å²) in [6.45, 7) is 7.36. The minimum Gasteiger partial charge on any atom is -0.380 e. The van der Waals surface area contributed by atoms with E-state index in [1.54, 1.807) is 18.2 Å². The number of hydrogen-bond donors (Lipinski definition) is 3. The number of rotatable bonds is 7. The number of aliphatic hydroxyl groups is 1. The van der Waals surface area contributed by atoms with Crippen LogP contribution in [0.4, 0.5) is 10.1 Å². The lowest BCUT2D eigenvalue weighted by Gasteiger charge is -2.33. The van der Waals surface area contributed by atoms with Crippen molar-refractivity contribution in [1.82, 2.24) is 15.1 Å². The highest BCUT2D eigenvalue weighted by atomic mass is 19.1. The second-order valence-electron chi connectivity index (χ2n) is 11.0. The number of benzene rings is 2. The lowest BCUT2D eigenvalue weighted by atomic mass is 9.86. The minimum absolute atomic E-state index is 0.197. The SMILES string of the molecule is CC(C)C1CCN(Cc2ccc(CNc3cccc4c3C(=O)N(C3CCC(O)NC3=O)C4=O)cc2F)CC1. The zero-order chi connectivity index (χ0) is 27.0. The van der Waals surface area contributed by atoms with Crippen LogP contribution in [0.2, 0.25) is 0 Å². The van der Waals surface area contributed by atoms with Gasteiger partial charge in [0.05, 0.1) is 11.1 Å². The van der Waals surface area contributed by atoms with Crippen molar-refractivity contribution < 1.29 is 23.9 Å². The third-order valence-corrected chi connectivity index (χ3v) is 8.15. The van der Waals surface area contributed by atoms with Gasteiger partial charge in [-0.15, -0.1) is 0 Å². The number of nitrogens with one attached hydrogen (secondary N) is 2. The number of amides is 3. The zero-order valence-corrected chi connectivity index (χ0v) is 21.9. The average Bonchev–Trinajstić information content (AvgIpc) is 3.15. The van der Waals surface area contributed by atoms with Gasteiger partial charge in [0.2, 0.25) is 5.91 Å². The molecule has 0 bridgehead atoms. The molecule has 38 heavy (non-hydrogen) atoms. The molecule has 8 nitrogen and oxygen atoms in total. The van der Waals surface area contributed by atoms with Crippen LogP contribution in [0.25, 0.3) is 0 Å². The van der Waals surface area contributed by atoms with E-state index >= 15 is 0 Å². The molecule has 0 spiro atoms. The number of carbonyl (C=O) groups is 3. The Morgan fingerprint density at radius 3 is 2.50 bits per heavy atom. The second-order valence-corrected chi connectivity index (χ2v) is 11.0. The van der Waals surface area contributed by atoms with Gasteiger partial charge in [-0.3, -0.25) is 24.2 Å². The molecule has 3 aliphatic heterocycles. The van der Waals surface area contributed by atoms with Gasteiger partial charge in [-0.25, -0.2) is 4.39 Å². The molecule has 2 fully saturated rings. The number of aliphatic hydroxyl groups excluding tert-OH is 1. The molecule has 3 amide bonds. The summed E-state index contributed by atoms with van der Waals surface area (Å²) in [5.41, 5.74) is 2.28. The quantitative estimate of drug-likeness (QED) is 0.481. The van der Waals surface area contributed by atoms with Gasteiger partial charge in [0.15, 0.2) is 0 Å². The summed E-state index contributed by atoms with van der Waals surface area (Å²) in [6, 6.07) is 9.19. The number of piperidine rings is 2. The topological polar surface area (TPSA) is 102 Å². The highest BCUT2D eigenvalue weighted by molar-refractivity contribution is 6.25. The number of nitrogens with zero attached hydrogens (tertiary/aromatic N) is 2. The number of halogens is 1. The Morgan fingerprint density at radius 1 is 1.05 bits per heavy atom. The van der Waals surface area contributed by atoms with Crippen LogP contribution in [-0.2, 0) is 17.9 Å². The van der Waals surface area contributed by atoms with Crippen molar-refractivity contribution in [2.24, 2.45) is 11.8 Å². The highest BCUT2D eigenvalue weighted by Gasteiger charge is 2.45. The summed E-state index contributed by atoms with van der Waals surface area (Å²) >= 11 is 0. The molecule has 3 N–H and O–H groups in total. The highest BCUT2D eigenvalue weighted by Crippen LogP contribution is 2.33. The molecule has 0 saturated carbocycles. The number of carbonyl (C=O) groups excluding carboxylic acids is 3. The van der Waals surface area contributed by atoms with Crippen LogP contribution in [-0.4, -0.2) is 58.0 Å². The maximum Gasteiger partial charge on any atom is 0.264 e. The third kappa shape index (κ3) is 5.17. The Morgan fingerprint density at radius 2 is 1.82 bits per heavy atom. The van der Waals surface area contributed by atoms with E-state index in [2.05, 4.69) is 29.4 Å². The van der Waals surface area contributed by atoms with Crippen LogP contribution in [0, 0.1) is 17.7 Å². The molecule has 0 aromatic heterocycles. The van der Waals surface area contributed by atoms with Crippen molar-refractivity contribution in [3.05, 3.63) is 64.5 Å². The van der Waals surface area contributed by atoms with Crippen LogP contribution in [0.5, 0.6) is 0 Å². The molecule has 202 valence electrons. The Balaban J connectivity index is 1.24. The normalized spacial score (nSPS) is 22.7. The van der Waals surface area contributed by atoms with Crippen LogP contribution >= 0.6 is 0 Å². The standard InChI is InChI=1S/C29H35FN4O4/c1-17(2)19-10-12-33(13-11-19)16-20-7-6-18(14-22(20)30)15-31-23-5-3-4-21-26(23)29(38)34(28(21)37)24-8-9-25(35)32-27(24)36/h3-7,14,17,19,24-25,31,35H,8-13,15-16H2,1-2H3,(H,32,36). The predicted octanol–water partition coefficient (Wildman–Crippen LogP) is 3.50. The van der Waals surface area contributed by atoms with Gasteiger partial charge < -0.3 is 15.7 Å². The van der Waals surface area contributed by atoms with Crippen LogP contribution in [0.15, 0.2) is 36.4 Å². The lowest BCUT2D eigenvalue weighted by molar-refractivity contribution is -0.131. The van der Waals surface area contributed by atoms with Crippen molar-refractivity contribution in [3.8, 4) is 0 Å². The van der Waals surface area contributed by atoms with E-state index in [0.29, 0.717) is 23.7 Å². The van der Waals surface area contributed by atoms with Crippen molar-refractivity contribution in [1.29, 1.82) is 0 Å². The Kier molecular flexibility index (Phi) is 7.49. The fourth-order valence-electron chi connectivity index (χ4n) is 5.80. The molecular weight excluding hydrogens is 487 g/mol. The fraction of sp³-hybridized carbons (Fsp3) is 0.483. The number of imide groups is 1. The Labute approximate surface area is 222 Å². The smallest absolute Gasteiger partial charge is 0.264 e. The molecule has 2 saturated heterocycles. The average molecular weight is 523 g/mol. The molecule has 3 aliphatic rings. The van der Waals surface area contributed by atoms with Crippen molar-refractivity contribution in [2.45, 2.75) is 64.9 Å². The first kappa shape index (κ1) is 26.3. The van der Waals surface area contributed by atoms with Crippen LogP contribution < -0.4 is 10.6 Å². The van der Waals surface area contributed by atoms with E-state index in [9.17, 15) is 23.9 Å².